The third kappa shape index (κ3) is 5.30. The minimum absolute atomic E-state index is 0.0308. The first-order valence-corrected chi connectivity index (χ1v) is 12.9. The van der Waals surface area contributed by atoms with Crippen LogP contribution in [0.2, 0.25) is 0 Å². The number of piperidine rings is 1. The highest BCUT2D eigenvalue weighted by molar-refractivity contribution is 7.10. The van der Waals surface area contributed by atoms with Crippen molar-refractivity contribution in [3.8, 4) is 0 Å². The van der Waals surface area contributed by atoms with Crippen LogP contribution in [0.15, 0.2) is 41.4 Å². The van der Waals surface area contributed by atoms with Gasteiger partial charge in [-0.3, -0.25) is 9.89 Å². The summed E-state index contributed by atoms with van der Waals surface area (Å²) in [5.41, 5.74) is 3.49. The molecule has 0 bridgehead atoms. The summed E-state index contributed by atoms with van der Waals surface area (Å²) in [6.45, 7) is 2.14. The average molecular weight is 479 g/mol. The molecule has 2 aliphatic rings. The summed E-state index contributed by atoms with van der Waals surface area (Å²) in [7, 11) is 0. The number of hydrogen-bond donors (Lipinski definition) is 3. The van der Waals surface area contributed by atoms with Crippen molar-refractivity contribution in [2.45, 2.75) is 50.9 Å². The van der Waals surface area contributed by atoms with E-state index in [0.717, 1.165) is 35.2 Å². The Morgan fingerprint density at radius 2 is 2.09 bits per heavy atom. The van der Waals surface area contributed by atoms with Gasteiger partial charge in [-0.05, 0) is 63.1 Å². The molecule has 1 saturated heterocycles. The first kappa shape index (κ1) is 22.6. The molecule has 178 valence electrons. The lowest BCUT2D eigenvalue weighted by Crippen LogP contribution is -2.44. The van der Waals surface area contributed by atoms with Gasteiger partial charge < -0.3 is 15.5 Å². The number of benzene rings is 1. The number of urea groups is 1. The molecule has 3 heterocycles. The second kappa shape index (κ2) is 10.4. The SMILES string of the molecule is O=C(Nc1ccc2cn[nH]c2c1)c1csc(C2CCN(C(=O)NCCC3=CCCCC3)CC2)n1. The third-order valence-corrected chi connectivity index (χ3v) is 7.70. The topological polar surface area (TPSA) is 103 Å². The van der Waals surface area contributed by atoms with Crippen molar-refractivity contribution in [1.82, 2.24) is 25.4 Å². The quantitative estimate of drug-likeness (QED) is 0.431. The minimum Gasteiger partial charge on any atom is -0.338 e. The molecular weight excluding hydrogens is 448 g/mol. The van der Waals surface area contributed by atoms with Gasteiger partial charge in [0.1, 0.15) is 5.69 Å². The van der Waals surface area contributed by atoms with Gasteiger partial charge in [0.2, 0.25) is 0 Å². The van der Waals surface area contributed by atoms with Gasteiger partial charge >= 0.3 is 6.03 Å². The van der Waals surface area contributed by atoms with Crippen molar-refractivity contribution >= 4 is 39.9 Å². The third-order valence-electron chi connectivity index (χ3n) is 6.69. The minimum atomic E-state index is -0.216. The van der Waals surface area contributed by atoms with Crippen LogP contribution in [-0.4, -0.2) is 51.7 Å². The van der Waals surface area contributed by atoms with Crippen LogP contribution in [0.1, 0.15) is 66.4 Å². The number of anilines is 1. The molecule has 34 heavy (non-hydrogen) atoms. The Morgan fingerprint density at radius 1 is 1.21 bits per heavy atom. The van der Waals surface area contributed by atoms with Crippen molar-refractivity contribution in [3.05, 3.63) is 52.1 Å². The number of allylic oxidation sites excluding steroid dienone is 1. The number of hydrogen-bond acceptors (Lipinski definition) is 5. The lowest BCUT2D eigenvalue weighted by molar-refractivity contribution is 0.102. The number of nitrogens with one attached hydrogen (secondary N) is 3. The number of fused-ring (bicyclic) bond motifs is 1. The summed E-state index contributed by atoms with van der Waals surface area (Å²) in [5, 5.41) is 16.7. The van der Waals surface area contributed by atoms with Crippen LogP contribution in [0, 0.1) is 0 Å². The van der Waals surface area contributed by atoms with Crippen LogP contribution >= 0.6 is 11.3 Å². The van der Waals surface area contributed by atoms with Gasteiger partial charge in [0.15, 0.2) is 0 Å². The molecule has 9 heteroatoms. The number of carbonyl (C=O) groups excluding carboxylic acids is 2. The summed E-state index contributed by atoms with van der Waals surface area (Å²) in [6, 6.07) is 5.66. The maximum Gasteiger partial charge on any atom is 0.317 e. The van der Waals surface area contributed by atoms with Crippen molar-refractivity contribution in [2.24, 2.45) is 0 Å². The zero-order valence-electron chi connectivity index (χ0n) is 19.2. The van der Waals surface area contributed by atoms with Gasteiger partial charge in [-0.15, -0.1) is 11.3 Å². The first-order valence-electron chi connectivity index (χ1n) is 12.1. The predicted octanol–water partition coefficient (Wildman–Crippen LogP) is 5.05. The van der Waals surface area contributed by atoms with Crippen LogP contribution in [0.3, 0.4) is 0 Å². The number of aromatic nitrogens is 3. The summed E-state index contributed by atoms with van der Waals surface area (Å²) < 4.78 is 0. The number of thiazole rings is 1. The normalized spacial score (nSPS) is 16.9. The number of likely N-dealkylation sites (tertiary alicyclic amines) is 1. The summed E-state index contributed by atoms with van der Waals surface area (Å²) in [5.74, 6) is 0.0654. The second-order valence-corrected chi connectivity index (χ2v) is 9.94. The average Bonchev–Trinajstić information content (AvgIpc) is 3.55. The first-order chi connectivity index (χ1) is 16.7. The van der Waals surface area contributed by atoms with E-state index in [4.69, 9.17) is 0 Å². The molecule has 0 spiro atoms. The lowest BCUT2D eigenvalue weighted by Gasteiger charge is -2.31. The molecular formula is C25H30N6O2S. The highest BCUT2D eigenvalue weighted by Crippen LogP contribution is 2.30. The fourth-order valence-corrected chi connectivity index (χ4v) is 5.66. The molecule has 0 unspecified atom stereocenters. The molecule has 5 rings (SSSR count). The van der Waals surface area contributed by atoms with Crippen molar-refractivity contribution in [2.75, 3.05) is 25.0 Å². The highest BCUT2D eigenvalue weighted by atomic mass is 32.1. The Bertz CT molecular complexity index is 1190. The summed E-state index contributed by atoms with van der Waals surface area (Å²) >= 11 is 1.52. The number of amides is 3. The van der Waals surface area contributed by atoms with Crippen LogP contribution in [-0.2, 0) is 0 Å². The monoisotopic (exact) mass is 478 g/mol. The number of rotatable bonds is 6. The fourth-order valence-electron chi connectivity index (χ4n) is 4.69. The smallest absolute Gasteiger partial charge is 0.317 e. The van der Waals surface area contributed by atoms with Crippen LogP contribution in [0.5, 0.6) is 0 Å². The zero-order valence-corrected chi connectivity index (χ0v) is 20.0. The van der Waals surface area contributed by atoms with E-state index in [-0.39, 0.29) is 17.9 Å². The molecule has 0 saturated carbocycles. The summed E-state index contributed by atoms with van der Waals surface area (Å²) in [6.07, 6.45) is 11.7. The van der Waals surface area contributed by atoms with E-state index in [0.29, 0.717) is 31.0 Å². The maximum absolute atomic E-state index is 12.7. The standard InChI is InChI=1S/C25H30N6O2S/c32-23(28-20-7-6-19-15-27-30-21(19)14-20)22-16-34-24(29-22)18-9-12-31(13-10-18)25(33)26-11-8-17-4-2-1-3-5-17/h4,6-7,14-16,18H,1-3,5,8-13H2,(H,26,33)(H,27,30)(H,28,32). The molecule has 0 atom stereocenters. The van der Waals surface area contributed by atoms with Gasteiger partial charge in [0, 0.05) is 42.0 Å². The van der Waals surface area contributed by atoms with Gasteiger partial charge in [0.05, 0.1) is 16.7 Å². The maximum atomic E-state index is 12.7. The van der Waals surface area contributed by atoms with E-state index in [9.17, 15) is 9.59 Å². The number of nitrogens with zero attached hydrogens (tertiary/aromatic N) is 3. The van der Waals surface area contributed by atoms with Crippen LogP contribution in [0.25, 0.3) is 10.9 Å². The Morgan fingerprint density at radius 3 is 2.91 bits per heavy atom. The molecule has 3 aromatic rings. The Hall–Kier alpha value is -3.20. The predicted molar refractivity (Wildman–Crippen MR) is 134 cm³/mol. The molecule has 3 amide bonds. The van der Waals surface area contributed by atoms with E-state index in [1.54, 1.807) is 6.20 Å². The Labute approximate surface area is 202 Å². The van der Waals surface area contributed by atoms with E-state index < -0.39 is 0 Å². The fraction of sp³-hybridized carbons (Fsp3) is 0.440. The molecule has 3 N–H and O–H groups in total. The van der Waals surface area contributed by atoms with E-state index in [1.807, 2.05) is 28.5 Å². The Balaban J connectivity index is 1.09. The number of carbonyl (C=O) groups is 2. The van der Waals surface area contributed by atoms with Crippen LogP contribution in [0.4, 0.5) is 10.5 Å². The molecule has 1 aromatic carbocycles. The number of H-pyrrole nitrogens is 1. The lowest BCUT2D eigenvalue weighted by atomic mass is 9.97. The van der Waals surface area contributed by atoms with E-state index in [1.165, 1.54) is 42.6 Å². The summed E-state index contributed by atoms with van der Waals surface area (Å²) in [4.78, 5) is 31.7. The van der Waals surface area contributed by atoms with Crippen molar-refractivity contribution < 1.29 is 9.59 Å². The molecule has 1 aliphatic carbocycles. The molecule has 2 aromatic heterocycles. The molecule has 1 fully saturated rings. The molecule has 1 aliphatic heterocycles. The van der Waals surface area contributed by atoms with Crippen molar-refractivity contribution in [3.63, 3.8) is 0 Å². The van der Waals surface area contributed by atoms with Gasteiger partial charge in [-0.2, -0.15) is 5.10 Å². The van der Waals surface area contributed by atoms with E-state index in [2.05, 4.69) is 31.9 Å². The van der Waals surface area contributed by atoms with Crippen molar-refractivity contribution in [1.29, 1.82) is 0 Å². The molecule has 8 nitrogen and oxygen atoms in total. The number of aromatic amines is 1. The highest BCUT2D eigenvalue weighted by Gasteiger charge is 2.26. The van der Waals surface area contributed by atoms with Gasteiger partial charge in [-0.1, -0.05) is 11.6 Å². The second-order valence-electron chi connectivity index (χ2n) is 9.05. The molecule has 0 radical (unpaired) electrons. The van der Waals surface area contributed by atoms with Gasteiger partial charge in [0.25, 0.3) is 5.91 Å². The Kier molecular flexibility index (Phi) is 6.89. The van der Waals surface area contributed by atoms with E-state index >= 15 is 0 Å². The van der Waals surface area contributed by atoms with Gasteiger partial charge in [-0.25, -0.2) is 9.78 Å². The largest absolute Gasteiger partial charge is 0.338 e. The zero-order chi connectivity index (χ0) is 23.3. The van der Waals surface area contributed by atoms with Crippen LogP contribution < -0.4 is 10.6 Å².